The van der Waals surface area contributed by atoms with E-state index in [1.54, 1.807) is 0 Å². The van der Waals surface area contributed by atoms with Gasteiger partial charge in [-0.1, -0.05) is 19.0 Å². The van der Waals surface area contributed by atoms with Crippen molar-refractivity contribution in [1.29, 1.82) is 0 Å². The summed E-state index contributed by atoms with van der Waals surface area (Å²) in [5.74, 6) is 1.48. The summed E-state index contributed by atoms with van der Waals surface area (Å²) in [5.41, 5.74) is 3.00. The summed E-state index contributed by atoms with van der Waals surface area (Å²) in [6.45, 7) is 10.1. The van der Waals surface area contributed by atoms with Gasteiger partial charge in [-0.2, -0.15) is 4.98 Å². The minimum absolute atomic E-state index is 0.0309. The van der Waals surface area contributed by atoms with Crippen molar-refractivity contribution < 1.29 is 14.1 Å². The largest absolute Gasteiger partial charge is 0.378 e. The first-order valence-corrected chi connectivity index (χ1v) is 10.1. The lowest BCUT2D eigenvalue weighted by atomic mass is 10.1. The molecule has 2 aliphatic rings. The van der Waals surface area contributed by atoms with Gasteiger partial charge in [0.1, 0.15) is 6.04 Å². The van der Waals surface area contributed by atoms with Crippen molar-refractivity contribution in [1.82, 2.24) is 15.0 Å². The van der Waals surface area contributed by atoms with Gasteiger partial charge in [0.2, 0.25) is 5.89 Å². The number of carbonyl (C=O) groups excluding carboxylic acids is 1. The summed E-state index contributed by atoms with van der Waals surface area (Å²) in [4.78, 5) is 21.9. The molecule has 3 heterocycles. The Bertz CT molecular complexity index is 842. The Morgan fingerprint density at radius 1 is 1.21 bits per heavy atom. The van der Waals surface area contributed by atoms with E-state index in [4.69, 9.17) is 9.26 Å². The van der Waals surface area contributed by atoms with Crippen molar-refractivity contribution in [2.45, 2.75) is 45.6 Å². The van der Waals surface area contributed by atoms with Gasteiger partial charge in [0.15, 0.2) is 5.82 Å². The van der Waals surface area contributed by atoms with Crippen LogP contribution in [0.2, 0.25) is 0 Å². The van der Waals surface area contributed by atoms with E-state index in [-0.39, 0.29) is 17.9 Å². The number of hydrogen-bond acceptors (Lipinski definition) is 6. The Morgan fingerprint density at radius 2 is 2.00 bits per heavy atom. The summed E-state index contributed by atoms with van der Waals surface area (Å²) in [6, 6.07) is 5.85. The molecule has 0 unspecified atom stereocenters. The number of benzene rings is 1. The van der Waals surface area contributed by atoms with Crippen LogP contribution in [0.25, 0.3) is 0 Å². The third-order valence-electron chi connectivity index (χ3n) is 5.57. The van der Waals surface area contributed by atoms with Crippen LogP contribution in [0.5, 0.6) is 0 Å². The van der Waals surface area contributed by atoms with Gasteiger partial charge >= 0.3 is 0 Å². The van der Waals surface area contributed by atoms with E-state index in [1.165, 1.54) is 5.69 Å². The van der Waals surface area contributed by atoms with Gasteiger partial charge in [-0.3, -0.25) is 4.79 Å². The molecule has 2 fully saturated rings. The number of amides is 1. The monoisotopic (exact) mass is 384 g/mol. The van der Waals surface area contributed by atoms with E-state index >= 15 is 0 Å². The van der Waals surface area contributed by atoms with Gasteiger partial charge in [0.05, 0.1) is 13.2 Å². The van der Waals surface area contributed by atoms with Gasteiger partial charge in [-0.05, 0) is 43.5 Å². The average molecular weight is 384 g/mol. The summed E-state index contributed by atoms with van der Waals surface area (Å²) in [7, 11) is 0. The number of likely N-dealkylation sites (tertiary alicyclic amines) is 1. The number of ether oxygens (including phenoxy) is 1. The van der Waals surface area contributed by atoms with Crippen LogP contribution >= 0.6 is 0 Å². The van der Waals surface area contributed by atoms with Crippen LogP contribution < -0.4 is 4.90 Å². The van der Waals surface area contributed by atoms with Crippen LogP contribution in [0.15, 0.2) is 22.7 Å². The van der Waals surface area contributed by atoms with Crippen LogP contribution in [0.4, 0.5) is 5.69 Å². The van der Waals surface area contributed by atoms with Gasteiger partial charge in [0.25, 0.3) is 5.91 Å². The Hall–Kier alpha value is -2.41. The molecule has 0 radical (unpaired) electrons. The zero-order chi connectivity index (χ0) is 19.7. The highest BCUT2D eigenvalue weighted by atomic mass is 16.5. The highest BCUT2D eigenvalue weighted by Crippen LogP contribution is 2.33. The maximum absolute atomic E-state index is 13.2. The second-order valence-electron chi connectivity index (χ2n) is 7.90. The Labute approximate surface area is 165 Å². The van der Waals surface area contributed by atoms with Crippen LogP contribution in [0.3, 0.4) is 0 Å². The predicted molar refractivity (Wildman–Crippen MR) is 106 cm³/mol. The average Bonchev–Trinajstić information content (AvgIpc) is 3.37. The standard InChI is InChI=1S/C21H28N4O3/c1-14(2)19-22-20(28-23-19)18-5-4-8-25(18)21(26)16-6-7-17(15(3)13-16)24-9-11-27-12-10-24/h6-7,13-14,18H,4-5,8-12H2,1-3H3/t18-/m0/s1. The number of anilines is 1. The molecule has 0 spiro atoms. The topological polar surface area (TPSA) is 71.7 Å². The highest BCUT2D eigenvalue weighted by molar-refractivity contribution is 5.95. The number of carbonyl (C=O) groups is 1. The van der Waals surface area contributed by atoms with E-state index < -0.39 is 0 Å². The molecule has 2 aromatic rings. The van der Waals surface area contributed by atoms with Gasteiger partial charge in [0, 0.05) is 36.8 Å². The number of aromatic nitrogens is 2. The van der Waals surface area contributed by atoms with Gasteiger partial charge < -0.3 is 19.1 Å². The summed E-state index contributed by atoms with van der Waals surface area (Å²) in [6.07, 6.45) is 1.80. The lowest BCUT2D eigenvalue weighted by Crippen LogP contribution is -2.36. The smallest absolute Gasteiger partial charge is 0.254 e. The molecule has 1 amide bonds. The number of aryl methyl sites for hydroxylation is 1. The lowest BCUT2D eigenvalue weighted by molar-refractivity contribution is 0.0710. The first-order valence-electron chi connectivity index (χ1n) is 10.1. The second-order valence-corrected chi connectivity index (χ2v) is 7.90. The van der Waals surface area contributed by atoms with Crippen molar-refractivity contribution in [3.8, 4) is 0 Å². The van der Waals surface area contributed by atoms with Gasteiger partial charge in [-0.15, -0.1) is 0 Å². The van der Waals surface area contributed by atoms with Crippen molar-refractivity contribution >= 4 is 11.6 Å². The molecule has 0 N–H and O–H groups in total. The number of hydrogen-bond donors (Lipinski definition) is 0. The lowest BCUT2D eigenvalue weighted by Gasteiger charge is -2.30. The van der Waals surface area contributed by atoms with E-state index in [0.29, 0.717) is 23.8 Å². The fraction of sp³-hybridized carbons (Fsp3) is 0.571. The van der Waals surface area contributed by atoms with Crippen LogP contribution in [0, 0.1) is 6.92 Å². The van der Waals surface area contributed by atoms with Crippen molar-refractivity contribution in [2.24, 2.45) is 0 Å². The highest BCUT2D eigenvalue weighted by Gasteiger charge is 2.35. The molecule has 0 aliphatic carbocycles. The van der Waals surface area contributed by atoms with Crippen LogP contribution in [-0.4, -0.2) is 53.8 Å². The van der Waals surface area contributed by atoms with Gasteiger partial charge in [-0.25, -0.2) is 0 Å². The quantitative estimate of drug-likeness (QED) is 0.805. The predicted octanol–water partition coefficient (Wildman–Crippen LogP) is 3.32. The molecule has 2 saturated heterocycles. The minimum atomic E-state index is -0.133. The Kier molecular flexibility index (Phi) is 5.35. The van der Waals surface area contributed by atoms with E-state index in [2.05, 4.69) is 28.0 Å². The molecule has 0 bridgehead atoms. The molecule has 1 atom stereocenters. The molecule has 4 rings (SSSR count). The molecule has 150 valence electrons. The number of morpholine rings is 1. The normalized spacial score (nSPS) is 20.2. The molecule has 28 heavy (non-hydrogen) atoms. The van der Waals surface area contributed by atoms with Crippen molar-refractivity contribution in [3.63, 3.8) is 0 Å². The number of nitrogens with zero attached hydrogens (tertiary/aromatic N) is 4. The zero-order valence-corrected chi connectivity index (χ0v) is 16.9. The fourth-order valence-electron chi connectivity index (χ4n) is 4.00. The number of rotatable bonds is 4. The minimum Gasteiger partial charge on any atom is -0.378 e. The molecule has 7 nitrogen and oxygen atoms in total. The van der Waals surface area contributed by atoms with E-state index in [9.17, 15) is 4.79 Å². The second kappa shape index (κ2) is 7.91. The zero-order valence-electron chi connectivity index (χ0n) is 16.9. The first kappa shape index (κ1) is 18.9. The maximum atomic E-state index is 13.2. The van der Waals surface area contributed by atoms with Crippen LogP contribution in [-0.2, 0) is 4.74 Å². The SMILES string of the molecule is Cc1cc(C(=O)N2CCC[C@H]2c2nc(C(C)C)no2)ccc1N1CCOCC1. The molecule has 1 aromatic heterocycles. The van der Waals surface area contributed by atoms with E-state index in [0.717, 1.165) is 44.7 Å². The molecular weight excluding hydrogens is 356 g/mol. The molecule has 1 aromatic carbocycles. The Balaban J connectivity index is 1.53. The first-order chi connectivity index (χ1) is 13.5. The third-order valence-corrected chi connectivity index (χ3v) is 5.57. The molecule has 0 saturated carbocycles. The summed E-state index contributed by atoms with van der Waals surface area (Å²) < 4.78 is 10.9. The fourth-order valence-corrected chi connectivity index (χ4v) is 4.00. The summed E-state index contributed by atoms with van der Waals surface area (Å²) in [5, 5.41) is 4.06. The summed E-state index contributed by atoms with van der Waals surface area (Å²) >= 11 is 0. The van der Waals surface area contributed by atoms with Crippen LogP contribution in [0.1, 0.15) is 66.3 Å². The molecular formula is C21H28N4O3. The molecule has 2 aliphatic heterocycles. The molecule has 7 heteroatoms. The maximum Gasteiger partial charge on any atom is 0.254 e. The van der Waals surface area contributed by atoms with Crippen molar-refractivity contribution in [2.75, 3.05) is 37.7 Å². The Morgan fingerprint density at radius 3 is 2.68 bits per heavy atom. The van der Waals surface area contributed by atoms with Crippen molar-refractivity contribution in [3.05, 3.63) is 41.0 Å². The third kappa shape index (κ3) is 3.63. The van der Waals surface area contributed by atoms with E-state index in [1.807, 2.05) is 30.9 Å².